The molecule has 0 bridgehead atoms. The summed E-state index contributed by atoms with van der Waals surface area (Å²) in [7, 11) is 2.20. The van der Waals surface area contributed by atoms with Crippen LogP contribution in [0.4, 0.5) is 0 Å². The molecule has 0 amide bonds. The Hall–Kier alpha value is -1.06. The van der Waals surface area contributed by atoms with Crippen molar-refractivity contribution in [2.75, 3.05) is 33.3 Å². The van der Waals surface area contributed by atoms with Gasteiger partial charge in [0, 0.05) is 13.1 Å². The van der Waals surface area contributed by atoms with Crippen molar-refractivity contribution < 1.29 is 4.74 Å². The van der Waals surface area contributed by atoms with Crippen molar-refractivity contribution in [1.82, 2.24) is 4.90 Å². The fraction of sp³-hybridized carbons (Fsp3) is 0.647. The van der Waals surface area contributed by atoms with E-state index in [1.165, 1.54) is 37.8 Å². The van der Waals surface area contributed by atoms with E-state index in [0.717, 1.165) is 31.2 Å². The number of hydrogen-bond acceptors (Lipinski definition) is 3. The third-order valence-corrected chi connectivity index (χ3v) is 4.14. The Morgan fingerprint density at radius 3 is 2.55 bits per heavy atom. The Morgan fingerprint density at radius 1 is 1.20 bits per heavy atom. The van der Waals surface area contributed by atoms with Gasteiger partial charge >= 0.3 is 0 Å². The maximum atomic E-state index is 5.80. The van der Waals surface area contributed by atoms with Crippen LogP contribution in [-0.2, 0) is 6.42 Å². The molecule has 0 heterocycles. The number of rotatable bonds is 8. The van der Waals surface area contributed by atoms with Crippen LogP contribution >= 0.6 is 0 Å². The summed E-state index contributed by atoms with van der Waals surface area (Å²) in [5, 5.41) is 0. The SMILES string of the molecule is CN(CCOc1ccc(CCN)cc1)CC1CCCC1. The molecule has 0 saturated heterocycles. The molecule has 1 saturated carbocycles. The zero-order valence-electron chi connectivity index (χ0n) is 12.7. The Kier molecular flexibility index (Phi) is 6.34. The number of hydrogen-bond donors (Lipinski definition) is 1. The van der Waals surface area contributed by atoms with Gasteiger partial charge < -0.3 is 15.4 Å². The van der Waals surface area contributed by atoms with Crippen LogP contribution < -0.4 is 10.5 Å². The highest BCUT2D eigenvalue weighted by molar-refractivity contribution is 5.27. The zero-order chi connectivity index (χ0) is 14.2. The van der Waals surface area contributed by atoms with Crippen LogP contribution in [0.1, 0.15) is 31.2 Å². The first-order chi connectivity index (χ1) is 9.78. The lowest BCUT2D eigenvalue weighted by Gasteiger charge is -2.20. The molecule has 0 unspecified atom stereocenters. The van der Waals surface area contributed by atoms with Crippen molar-refractivity contribution in [2.45, 2.75) is 32.1 Å². The van der Waals surface area contributed by atoms with Gasteiger partial charge in [-0.3, -0.25) is 0 Å². The van der Waals surface area contributed by atoms with Crippen molar-refractivity contribution in [3.05, 3.63) is 29.8 Å². The molecule has 1 aliphatic rings. The number of benzene rings is 1. The van der Waals surface area contributed by atoms with E-state index >= 15 is 0 Å². The van der Waals surface area contributed by atoms with Gasteiger partial charge in [0.1, 0.15) is 12.4 Å². The highest BCUT2D eigenvalue weighted by Gasteiger charge is 2.16. The minimum atomic E-state index is 0.701. The summed E-state index contributed by atoms with van der Waals surface area (Å²) in [5.41, 5.74) is 6.82. The van der Waals surface area contributed by atoms with Gasteiger partial charge in [-0.15, -0.1) is 0 Å². The van der Waals surface area contributed by atoms with Crippen molar-refractivity contribution >= 4 is 0 Å². The summed E-state index contributed by atoms with van der Waals surface area (Å²) >= 11 is 0. The van der Waals surface area contributed by atoms with E-state index in [1.807, 2.05) is 12.1 Å². The van der Waals surface area contributed by atoms with Crippen molar-refractivity contribution in [1.29, 1.82) is 0 Å². The molecule has 112 valence electrons. The predicted octanol–water partition coefficient (Wildman–Crippen LogP) is 2.69. The van der Waals surface area contributed by atoms with E-state index < -0.39 is 0 Å². The molecular weight excluding hydrogens is 248 g/mol. The molecule has 0 radical (unpaired) electrons. The van der Waals surface area contributed by atoms with Crippen molar-refractivity contribution in [2.24, 2.45) is 11.7 Å². The van der Waals surface area contributed by atoms with Crippen LogP contribution in [0.2, 0.25) is 0 Å². The van der Waals surface area contributed by atoms with Gasteiger partial charge in [-0.1, -0.05) is 25.0 Å². The van der Waals surface area contributed by atoms with E-state index in [4.69, 9.17) is 10.5 Å². The van der Waals surface area contributed by atoms with Gasteiger partial charge in [-0.05, 0) is 56.5 Å². The maximum Gasteiger partial charge on any atom is 0.119 e. The van der Waals surface area contributed by atoms with E-state index in [1.54, 1.807) is 0 Å². The molecule has 3 heteroatoms. The largest absolute Gasteiger partial charge is 0.492 e. The fourth-order valence-electron chi connectivity index (χ4n) is 2.96. The summed E-state index contributed by atoms with van der Waals surface area (Å²) in [5.74, 6) is 1.87. The summed E-state index contributed by atoms with van der Waals surface area (Å²) in [6.07, 6.45) is 6.60. The van der Waals surface area contributed by atoms with Crippen LogP contribution in [0.15, 0.2) is 24.3 Å². The van der Waals surface area contributed by atoms with Gasteiger partial charge in [-0.2, -0.15) is 0 Å². The van der Waals surface area contributed by atoms with Gasteiger partial charge in [0.05, 0.1) is 0 Å². The molecule has 2 rings (SSSR count). The van der Waals surface area contributed by atoms with Crippen LogP contribution in [0.3, 0.4) is 0 Å². The first-order valence-electron chi connectivity index (χ1n) is 7.88. The third kappa shape index (κ3) is 5.14. The van der Waals surface area contributed by atoms with Crippen LogP contribution in [0.5, 0.6) is 5.75 Å². The molecular formula is C17H28N2O. The standard InChI is InChI=1S/C17H28N2O/c1-19(14-16-4-2-3-5-16)12-13-20-17-8-6-15(7-9-17)10-11-18/h6-9,16H,2-5,10-14,18H2,1H3. The summed E-state index contributed by atoms with van der Waals surface area (Å²) in [6, 6.07) is 8.29. The quantitative estimate of drug-likeness (QED) is 0.793. The summed E-state index contributed by atoms with van der Waals surface area (Å²) < 4.78 is 5.80. The Bertz CT molecular complexity index is 371. The second-order valence-electron chi connectivity index (χ2n) is 5.94. The molecule has 3 nitrogen and oxygen atoms in total. The second kappa shape index (κ2) is 8.28. The molecule has 20 heavy (non-hydrogen) atoms. The molecule has 1 aliphatic carbocycles. The van der Waals surface area contributed by atoms with Gasteiger partial charge in [-0.25, -0.2) is 0 Å². The monoisotopic (exact) mass is 276 g/mol. The molecule has 0 spiro atoms. The molecule has 0 aliphatic heterocycles. The molecule has 1 aromatic rings. The highest BCUT2D eigenvalue weighted by atomic mass is 16.5. The number of likely N-dealkylation sites (N-methyl/N-ethyl adjacent to an activating group) is 1. The van der Waals surface area contributed by atoms with E-state index in [0.29, 0.717) is 6.54 Å². The third-order valence-electron chi connectivity index (χ3n) is 4.14. The predicted molar refractivity (Wildman–Crippen MR) is 84.2 cm³/mol. The zero-order valence-corrected chi connectivity index (χ0v) is 12.7. The molecule has 2 N–H and O–H groups in total. The highest BCUT2D eigenvalue weighted by Crippen LogP contribution is 2.25. The first-order valence-corrected chi connectivity index (χ1v) is 7.88. The fourth-order valence-corrected chi connectivity index (χ4v) is 2.96. The van der Waals surface area contributed by atoms with Crippen molar-refractivity contribution in [3.63, 3.8) is 0 Å². The number of nitrogens with zero attached hydrogens (tertiary/aromatic N) is 1. The Morgan fingerprint density at radius 2 is 1.90 bits per heavy atom. The summed E-state index contributed by atoms with van der Waals surface area (Å²) in [4.78, 5) is 2.40. The molecule has 1 aromatic carbocycles. The van der Waals surface area contributed by atoms with E-state index in [2.05, 4.69) is 24.1 Å². The molecule has 0 atom stereocenters. The second-order valence-corrected chi connectivity index (χ2v) is 5.94. The van der Waals surface area contributed by atoms with Crippen LogP contribution in [-0.4, -0.2) is 38.2 Å². The average molecular weight is 276 g/mol. The summed E-state index contributed by atoms with van der Waals surface area (Å²) in [6.45, 7) is 3.69. The van der Waals surface area contributed by atoms with Crippen LogP contribution in [0.25, 0.3) is 0 Å². The lowest BCUT2D eigenvalue weighted by atomic mass is 10.1. The minimum Gasteiger partial charge on any atom is -0.492 e. The number of ether oxygens (including phenoxy) is 1. The van der Waals surface area contributed by atoms with E-state index in [-0.39, 0.29) is 0 Å². The van der Waals surface area contributed by atoms with Gasteiger partial charge in [0.25, 0.3) is 0 Å². The van der Waals surface area contributed by atoms with E-state index in [9.17, 15) is 0 Å². The first kappa shape index (κ1) is 15.3. The van der Waals surface area contributed by atoms with Gasteiger partial charge in [0.15, 0.2) is 0 Å². The maximum absolute atomic E-state index is 5.80. The molecule has 0 aromatic heterocycles. The average Bonchev–Trinajstić information content (AvgIpc) is 2.94. The minimum absolute atomic E-state index is 0.701. The molecule has 1 fully saturated rings. The smallest absolute Gasteiger partial charge is 0.119 e. The Labute approximate surface area is 123 Å². The normalized spacial score (nSPS) is 15.9. The number of nitrogens with two attached hydrogens (primary N) is 1. The topological polar surface area (TPSA) is 38.5 Å². The van der Waals surface area contributed by atoms with Crippen LogP contribution in [0, 0.1) is 5.92 Å². The van der Waals surface area contributed by atoms with Gasteiger partial charge in [0.2, 0.25) is 0 Å². The lowest BCUT2D eigenvalue weighted by Crippen LogP contribution is -2.28. The van der Waals surface area contributed by atoms with Crippen molar-refractivity contribution in [3.8, 4) is 5.75 Å². The lowest BCUT2D eigenvalue weighted by molar-refractivity contribution is 0.215. The Balaban J connectivity index is 1.64.